The first-order chi connectivity index (χ1) is 12.0. The number of aliphatic hydroxyl groups is 1. The molecule has 0 spiro atoms. The van der Waals surface area contributed by atoms with E-state index in [-0.39, 0.29) is 18.6 Å². The summed E-state index contributed by atoms with van der Waals surface area (Å²) in [5.74, 6) is -1.22. The molecule has 1 heterocycles. The lowest BCUT2D eigenvalue weighted by Crippen LogP contribution is -2.57. The minimum atomic E-state index is -1.57. The van der Waals surface area contributed by atoms with Crippen LogP contribution in [0, 0.1) is 0 Å². The maximum Gasteiger partial charge on any atom is 0.335 e. The molecular formula is C20H19NO4. The van der Waals surface area contributed by atoms with Crippen molar-refractivity contribution in [3.63, 3.8) is 0 Å². The molecule has 0 aliphatic carbocycles. The van der Waals surface area contributed by atoms with Crippen LogP contribution in [-0.2, 0) is 27.4 Å². The number of carbonyl (C=O) groups is 2. The van der Waals surface area contributed by atoms with Gasteiger partial charge in [-0.05, 0) is 11.1 Å². The third-order valence-corrected chi connectivity index (χ3v) is 4.33. The second kappa shape index (κ2) is 6.91. The maximum atomic E-state index is 12.8. The highest BCUT2D eigenvalue weighted by Gasteiger charge is 2.55. The van der Waals surface area contributed by atoms with Crippen molar-refractivity contribution < 1.29 is 19.4 Å². The summed E-state index contributed by atoms with van der Waals surface area (Å²) in [6.45, 7) is 3.64. The lowest BCUT2D eigenvalue weighted by molar-refractivity contribution is -0.156. The molecule has 5 heteroatoms. The molecule has 2 N–H and O–H groups in total. The van der Waals surface area contributed by atoms with Crippen LogP contribution in [-0.4, -0.2) is 28.6 Å². The number of amides is 1. The number of carbonyl (C=O) groups excluding carboxylic acids is 2. The molecule has 0 bridgehead atoms. The quantitative estimate of drug-likeness (QED) is 0.644. The summed E-state index contributed by atoms with van der Waals surface area (Å²) < 4.78 is 5.40. The highest BCUT2D eigenvalue weighted by Crippen LogP contribution is 2.30. The van der Waals surface area contributed by atoms with E-state index in [0.29, 0.717) is 0 Å². The van der Waals surface area contributed by atoms with Crippen molar-refractivity contribution in [2.75, 3.05) is 0 Å². The van der Waals surface area contributed by atoms with Gasteiger partial charge in [0.25, 0.3) is 0 Å². The Morgan fingerprint density at radius 2 is 1.64 bits per heavy atom. The molecular weight excluding hydrogens is 318 g/mol. The zero-order valence-electron chi connectivity index (χ0n) is 13.6. The summed E-state index contributed by atoms with van der Waals surface area (Å²) in [5, 5.41) is 13.1. The zero-order chi connectivity index (χ0) is 17.9. The van der Waals surface area contributed by atoms with Crippen LogP contribution in [0.5, 0.6) is 0 Å². The molecule has 25 heavy (non-hydrogen) atoms. The van der Waals surface area contributed by atoms with Crippen LogP contribution >= 0.6 is 0 Å². The highest BCUT2D eigenvalue weighted by molar-refractivity contribution is 6.04. The molecule has 1 aliphatic rings. The fraction of sp³-hybridized carbons (Fsp3) is 0.200. The van der Waals surface area contributed by atoms with Gasteiger partial charge in [0.2, 0.25) is 5.91 Å². The maximum absolute atomic E-state index is 12.8. The summed E-state index contributed by atoms with van der Waals surface area (Å²) in [6.07, 6.45) is -1.23. The fourth-order valence-corrected chi connectivity index (χ4v) is 2.92. The van der Waals surface area contributed by atoms with Gasteiger partial charge in [0.15, 0.2) is 5.54 Å². The Morgan fingerprint density at radius 1 is 1.08 bits per heavy atom. The van der Waals surface area contributed by atoms with E-state index in [2.05, 4.69) is 11.9 Å². The van der Waals surface area contributed by atoms with Crippen molar-refractivity contribution in [3.8, 4) is 0 Å². The summed E-state index contributed by atoms with van der Waals surface area (Å²) >= 11 is 0. The number of hydrogen-bond acceptors (Lipinski definition) is 4. The molecule has 0 aromatic heterocycles. The number of ether oxygens (including phenoxy) is 1. The van der Waals surface area contributed by atoms with Gasteiger partial charge in [0, 0.05) is 12.0 Å². The highest BCUT2D eigenvalue weighted by atomic mass is 16.5. The Kier molecular flexibility index (Phi) is 4.67. The van der Waals surface area contributed by atoms with E-state index in [1.807, 2.05) is 60.7 Å². The van der Waals surface area contributed by atoms with Gasteiger partial charge in [-0.2, -0.15) is 0 Å². The van der Waals surface area contributed by atoms with Crippen molar-refractivity contribution in [2.45, 2.75) is 24.7 Å². The number of esters is 1. The molecule has 1 saturated heterocycles. The van der Waals surface area contributed by atoms with E-state index < -0.39 is 23.5 Å². The first-order valence-corrected chi connectivity index (χ1v) is 7.97. The van der Waals surface area contributed by atoms with E-state index >= 15 is 0 Å². The average Bonchev–Trinajstić information content (AvgIpc) is 2.86. The summed E-state index contributed by atoms with van der Waals surface area (Å²) in [5.41, 5.74) is 0.0220. The van der Waals surface area contributed by atoms with Crippen LogP contribution < -0.4 is 5.32 Å². The molecule has 2 aromatic carbocycles. The van der Waals surface area contributed by atoms with Gasteiger partial charge in [0.1, 0.15) is 12.7 Å². The molecule has 1 fully saturated rings. The average molecular weight is 337 g/mol. The first-order valence-electron chi connectivity index (χ1n) is 7.97. The standard InChI is InChI=1S/C20H19NO4/c1-14-17(22)20(21-18(14)23,12-15-8-4-2-5-9-15)19(24)25-13-16-10-6-3-7-11-16/h2-11,17,22H,1,12-13H2,(H,21,23)/t17-,20+/m0/s1. The molecule has 0 radical (unpaired) electrons. The third kappa shape index (κ3) is 3.32. The van der Waals surface area contributed by atoms with Gasteiger partial charge in [-0.15, -0.1) is 0 Å². The second-order valence-corrected chi connectivity index (χ2v) is 6.08. The van der Waals surface area contributed by atoms with Gasteiger partial charge >= 0.3 is 5.97 Å². The Balaban J connectivity index is 1.85. The number of nitrogens with one attached hydrogen (secondary N) is 1. The van der Waals surface area contributed by atoms with Crippen molar-refractivity contribution in [3.05, 3.63) is 83.9 Å². The summed E-state index contributed by atoms with van der Waals surface area (Å²) in [6, 6.07) is 18.4. The third-order valence-electron chi connectivity index (χ3n) is 4.33. The van der Waals surface area contributed by atoms with Crippen molar-refractivity contribution in [1.29, 1.82) is 0 Å². The topological polar surface area (TPSA) is 75.6 Å². The van der Waals surface area contributed by atoms with Crippen molar-refractivity contribution in [1.82, 2.24) is 5.32 Å². The molecule has 5 nitrogen and oxygen atoms in total. The van der Waals surface area contributed by atoms with Gasteiger partial charge in [-0.3, -0.25) is 4.79 Å². The Morgan fingerprint density at radius 3 is 2.16 bits per heavy atom. The molecule has 1 aliphatic heterocycles. The van der Waals surface area contributed by atoms with Crippen LogP contribution in [0.15, 0.2) is 72.8 Å². The van der Waals surface area contributed by atoms with E-state index in [4.69, 9.17) is 4.74 Å². The van der Waals surface area contributed by atoms with E-state index in [9.17, 15) is 14.7 Å². The molecule has 0 unspecified atom stereocenters. The van der Waals surface area contributed by atoms with Crippen LogP contribution in [0.2, 0.25) is 0 Å². The van der Waals surface area contributed by atoms with Gasteiger partial charge in [0.05, 0.1) is 0 Å². The number of aliphatic hydroxyl groups excluding tert-OH is 1. The van der Waals surface area contributed by atoms with Crippen LogP contribution in [0.1, 0.15) is 11.1 Å². The number of benzene rings is 2. The SMILES string of the molecule is C=C1C(=O)N[C@@](Cc2ccccc2)(C(=O)OCc2ccccc2)[C@H]1O. The van der Waals surface area contributed by atoms with Crippen molar-refractivity contribution in [2.24, 2.45) is 0 Å². The van der Waals surface area contributed by atoms with Gasteiger partial charge in [-0.25, -0.2) is 4.79 Å². The van der Waals surface area contributed by atoms with Gasteiger partial charge < -0.3 is 15.2 Å². The summed E-state index contributed by atoms with van der Waals surface area (Å²) in [7, 11) is 0. The molecule has 3 rings (SSSR count). The lowest BCUT2D eigenvalue weighted by Gasteiger charge is -2.30. The van der Waals surface area contributed by atoms with Crippen LogP contribution in [0.25, 0.3) is 0 Å². The molecule has 2 atom stereocenters. The number of rotatable bonds is 5. The van der Waals surface area contributed by atoms with Crippen molar-refractivity contribution >= 4 is 11.9 Å². The van der Waals surface area contributed by atoms with E-state index in [0.717, 1.165) is 11.1 Å². The number of hydrogen-bond donors (Lipinski definition) is 2. The Bertz CT molecular complexity index is 788. The minimum Gasteiger partial charge on any atom is -0.459 e. The molecule has 1 amide bonds. The summed E-state index contributed by atoms with van der Waals surface area (Å²) in [4.78, 5) is 24.8. The lowest BCUT2D eigenvalue weighted by atomic mass is 9.86. The van der Waals surface area contributed by atoms with E-state index in [1.165, 1.54) is 0 Å². The van der Waals surface area contributed by atoms with Crippen LogP contribution in [0.4, 0.5) is 0 Å². The predicted octanol–water partition coefficient (Wildman–Crippen LogP) is 1.76. The Labute approximate surface area is 145 Å². The van der Waals surface area contributed by atoms with E-state index in [1.54, 1.807) is 0 Å². The Hall–Kier alpha value is -2.92. The molecule has 128 valence electrons. The fourth-order valence-electron chi connectivity index (χ4n) is 2.92. The molecule has 2 aromatic rings. The first kappa shape index (κ1) is 16.9. The normalized spacial score (nSPS) is 22.5. The van der Waals surface area contributed by atoms with Crippen LogP contribution in [0.3, 0.4) is 0 Å². The largest absolute Gasteiger partial charge is 0.459 e. The second-order valence-electron chi connectivity index (χ2n) is 6.08. The predicted molar refractivity (Wildman–Crippen MR) is 92.4 cm³/mol. The smallest absolute Gasteiger partial charge is 0.335 e. The minimum absolute atomic E-state index is 0.0346. The molecule has 0 saturated carbocycles. The van der Waals surface area contributed by atoms with Gasteiger partial charge in [-0.1, -0.05) is 67.2 Å². The monoisotopic (exact) mass is 337 g/mol. The zero-order valence-corrected chi connectivity index (χ0v) is 13.6.